The largest absolute Gasteiger partial charge is 0.367 e. The fraction of sp³-hybridized carbons (Fsp3) is 0.615. The van der Waals surface area contributed by atoms with Crippen LogP contribution in [0.5, 0.6) is 0 Å². The first-order valence-corrected chi connectivity index (χ1v) is 7.87. The Balaban J connectivity index is 2.36. The summed E-state index contributed by atoms with van der Waals surface area (Å²) in [5, 5.41) is 18.8. The summed E-state index contributed by atoms with van der Waals surface area (Å²) in [6.07, 6.45) is 12.7. The van der Waals surface area contributed by atoms with Gasteiger partial charge in [-0.05, 0) is 35.9 Å². The summed E-state index contributed by atoms with van der Waals surface area (Å²) in [6.45, 7) is 3.93. The molecule has 2 aromatic heterocycles. The molecule has 0 amide bonds. The van der Waals surface area contributed by atoms with Gasteiger partial charge in [-0.3, -0.25) is 0 Å². The van der Waals surface area contributed by atoms with Crippen LogP contribution in [-0.4, -0.2) is 29.7 Å². The number of imidazole rings is 1. The monoisotopic (exact) mass is 389 g/mol. The minimum absolute atomic E-state index is 0.565. The second kappa shape index (κ2) is 6.21. The van der Waals surface area contributed by atoms with Crippen molar-refractivity contribution in [2.75, 3.05) is 0 Å². The van der Waals surface area contributed by atoms with Crippen molar-refractivity contribution < 1.29 is 5.11 Å². The van der Waals surface area contributed by atoms with Crippen LogP contribution in [-0.2, 0) is 9.27 Å². The number of unbranched alkanes of at least 4 members (excludes halogenated alkanes) is 2. The highest BCUT2D eigenvalue weighted by atomic mass is 127. The van der Waals surface area contributed by atoms with Gasteiger partial charge in [-0.15, -0.1) is 5.10 Å². The molecular formula is C13H20IN5O. The molecule has 0 spiro atoms. The number of hydrogen-bond donors (Lipinski definition) is 1. The van der Waals surface area contributed by atoms with Gasteiger partial charge in [0, 0.05) is 18.6 Å². The third kappa shape index (κ3) is 2.73. The number of rotatable bonds is 7. The predicted molar refractivity (Wildman–Crippen MR) is 84.3 cm³/mol. The summed E-state index contributed by atoms with van der Waals surface area (Å²) >= 11 is 2.31. The molecule has 2 aromatic rings. The maximum absolute atomic E-state index is 11.1. The first kappa shape index (κ1) is 15.4. The summed E-state index contributed by atoms with van der Waals surface area (Å²) in [5.74, 6) is 0. The third-order valence-electron chi connectivity index (χ3n) is 3.62. The molecule has 6 nitrogen and oxygen atoms in total. The number of aliphatic hydroxyl groups is 1. The van der Waals surface area contributed by atoms with Crippen LogP contribution in [0.3, 0.4) is 0 Å². The summed E-state index contributed by atoms with van der Waals surface area (Å²) in [7, 11) is 0. The van der Waals surface area contributed by atoms with Gasteiger partial charge in [-0.2, -0.15) is 0 Å². The molecule has 2 rings (SSSR count). The molecule has 0 radical (unpaired) electrons. The number of alkyl halides is 1. The highest BCUT2D eigenvalue weighted by Crippen LogP contribution is 2.44. The summed E-state index contributed by atoms with van der Waals surface area (Å²) in [6, 6.07) is 0. The minimum atomic E-state index is -1.20. The minimum Gasteiger partial charge on any atom is -0.367 e. The van der Waals surface area contributed by atoms with Gasteiger partial charge < -0.3 is 9.67 Å². The molecule has 0 aliphatic carbocycles. The van der Waals surface area contributed by atoms with Crippen LogP contribution in [0.15, 0.2) is 31.1 Å². The van der Waals surface area contributed by atoms with E-state index in [1.54, 1.807) is 31.8 Å². The van der Waals surface area contributed by atoms with Crippen molar-refractivity contribution in [2.24, 2.45) is 0 Å². The fourth-order valence-electron chi connectivity index (χ4n) is 2.30. The van der Waals surface area contributed by atoms with Crippen molar-refractivity contribution in [3.05, 3.63) is 31.1 Å². The Morgan fingerprint density at radius 3 is 2.60 bits per heavy atom. The van der Waals surface area contributed by atoms with Gasteiger partial charge in [0.15, 0.2) is 5.72 Å². The molecule has 0 saturated heterocycles. The van der Waals surface area contributed by atoms with Crippen LogP contribution in [0, 0.1) is 0 Å². The lowest BCUT2D eigenvalue weighted by atomic mass is 9.98. The van der Waals surface area contributed by atoms with Crippen molar-refractivity contribution in [2.45, 2.75) is 48.8 Å². The lowest BCUT2D eigenvalue weighted by Crippen LogP contribution is -2.51. The average Bonchev–Trinajstić information content (AvgIpc) is 3.11. The van der Waals surface area contributed by atoms with E-state index in [0.29, 0.717) is 0 Å². The molecule has 110 valence electrons. The van der Waals surface area contributed by atoms with Crippen molar-refractivity contribution >= 4 is 22.6 Å². The molecule has 0 aromatic carbocycles. The van der Waals surface area contributed by atoms with Crippen LogP contribution in [0.2, 0.25) is 0 Å². The fourth-order valence-corrected chi connectivity index (χ4v) is 3.22. The van der Waals surface area contributed by atoms with Crippen molar-refractivity contribution in [3.63, 3.8) is 0 Å². The molecular weight excluding hydrogens is 369 g/mol. The van der Waals surface area contributed by atoms with E-state index in [9.17, 15) is 5.11 Å². The Labute approximate surface area is 132 Å². The Hall–Kier alpha value is -0.960. The zero-order chi connectivity index (χ0) is 14.6. The number of aromatic nitrogens is 5. The molecule has 1 N–H and O–H groups in total. The standard InChI is InChI=1S/C13H20IN5O/c1-3-4-5-6-13(14,18-9-7-15-11-18)12(2,20)19-10-8-16-17-19/h7-11,20H,3-6H2,1-2H3. The van der Waals surface area contributed by atoms with Crippen LogP contribution in [0.25, 0.3) is 0 Å². The van der Waals surface area contributed by atoms with Crippen LogP contribution < -0.4 is 0 Å². The quantitative estimate of drug-likeness (QED) is 0.449. The SMILES string of the molecule is CCCCCC(I)(n1ccnc1)C(C)(O)n1ccnn1. The summed E-state index contributed by atoms with van der Waals surface area (Å²) < 4.78 is 2.89. The van der Waals surface area contributed by atoms with Gasteiger partial charge in [0.2, 0.25) is 0 Å². The third-order valence-corrected chi connectivity index (χ3v) is 5.74. The maximum Gasteiger partial charge on any atom is 0.189 e. The first-order chi connectivity index (χ1) is 9.52. The zero-order valence-electron chi connectivity index (χ0n) is 11.8. The molecule has 2 atom stereocenters. The van der Waals surface area contributed by atoms with E-state index >= 15 is 0 Å². The van der Waals surface area contributed by atoms with Crippen LogP contribution in [0.4, 0.5) is 0 Å². The van der Waals surface area contributed by atoms with Gasteiger partial charge in [0.1, 0.15) is 3.55 Å². The maximum atomic E-state index is 11.1. The molecule has 7 heteroatoms. The second-order valence-corrected chi connectivity index (χ2v) is 6.84. The van der Waals surface area contributed by atoms with E-state index in [1.807, 2.05) is 10.8 Å². The highest BCUT2D eigenvalue weighted by molar-refractivity contribution is 14.1. The smallest absolute Gasteiger partial charge is 0.189 e. The van der Waals surface area contributed by atoms with E-state index in [4.69, 9.17) is 0 Å². The van der Waals surface area contributed by atoms with E-state index in [2.05, 4.69) is 44.8 Å². The second-order valence-electron chi connectivity index (χ2n) is 5.05. The van der Waals surface area contributed by atoms with E-state index in [0.717, 1.165) is 25.7 Å². The van der Waals surface area contributed by atoms with E-state index in [1.165, 1.54) is 4.68 Å². The predicted octanol–water partition coefficient (Wildman–Crippen LogP) is 2.51. The van der Waals surface area contributed by atoms with Gasteiger partial charge in [-0.1, -0.05) is 31.4 Å². The van der Waals surface area contributed by atoms with Crippen molar-refractivity contribution in [1.29, 1.82) is 0 Å². The molecule has 2 heterocycles. The van der Waals surface area contributed by atoms with Gasteiger partial charge in [0.25, 0.3) is 0 Å². The number of hydrogen-bond acceptors (Lipinski definition) is 4. The molecule has 20 heavy (non-hydrogen) atoms. The Bertz CT molecular complexity index is 511. The van der Waals surface area contributed by atoms with Crippen LogP contribution >= 0.6 is 22.6 Å². The molecule has 0 fully saturated rings. The zero-order valence-corrected chi connectivity index (χ0v) is 13.9. The lowest BCUT2D eigenvalue weighted by Gasteiger charge is -2.41. The van der Waals surface area contributed by atoms with Gasteiger partial charge in [0.05, 0.1) is 12.5 Å². The molecule has 0 aliphatic heterocycles. The highest BCUT2D eigenvalue weighted by Gasteiger charge is 2.48. The molecule has 0 bridgehead atoms. The normalized spacial score (nSPS) is 17.6. The number of halogens is 1. The van der Waals surface area contributed by atoms with Gasteiger partial charge >= 0.3 is 0 Å². The van der Waals surface area contributed by atoms with Crippen molar-refractivity contribution in [1.82, 2.24) is 24.5 Å². The Morgan fingerprint density at radius 1 is 1.25 bits per heavy atom. The average molecular weight is 389 g/mol. The molecule has 2 unspecified atom stereocenters. The Morgan fingerprint density at radius 2 is 2.05 bits per heavy atom. The van der Waals surface area contributed by atoms with Gasteiger partial charge in [-0.25, -0.2) is 9.67 Å². The summed E-state index contributed by atoms with van der Waals surface area (Å²) in [5.41, 5.74) is -1.20. The molecule has 0 aliphatic rings. The van der Waals surface area contributed by atoms with Crippen molar-refractivity contribution in [3.8, 4) is 0 Å². The summed E-state index contributed by atoms with van der Waals surface area (Å²) in [4.78, 5) is 4.11. The van der Waals surface area contributed by atoms with Crippen LogP contribution in [0.1, 0.15) is 39.5 Å². The number of nitrogens with zero attached hydrogens (tertiary/aromatic N) is 5. The Kier molecular flexibility index (Phi) is 4.79. The topological polar surface area (TPSA) is 68.8 Å². The lowest BCUT2D eigenvalue weighted by molar-refractivity contribution is -0.0914. The molecule has 0 saturated carbocycles. The first-order valence-electron chi connectivity index (χ1n) is 6.79. The van der Waals surface area contributed by atoms with E-state index < -0.39 is 9.27 Å². The van der Waals surface area contributed by atoms with E-state index in [-0.39, 0.29) is 0 Å².